The topological polar surface area (TPSA) is 75.6 Å². The van der Waals surface area contributed by atoms with Crippen LogP contribution in [0.1, 0.15) is 24.8 Å². The monoisotopic (exact) mass is 285 g/mol. The highest BCUT2D eigenvalue weighted by Gasteiger charge is 2.17. The van der Waals surface area contributed by atoms with E-state index in [-0.39, 0.29) is 17.6 Å². The Morgan fingerprint density at radius 3 is 2.63 bits per heavy atom. The van der Waals surface area contributed by atoms with E-state index < -0.39 is 10.0 Å². The summed E-state index contributed by atoms with van der Waals surface area (Å²) in [5.41, 5.74) is 0.693. The maximum Gasteiger partial charge on any atom is 0.240 e. The summed E-state index contributed by atoms with van der Waals surface area (Å²) >= 11 is 0. The molecular weight excluding hydrogens is 266 g/mol. The molecule has 2 N–H and O–H groups in total. The highest BCUT2D eigenvalue weighted by Crippen LogP contribution is 2.15. The van der Waals surface area contributed by atoms with E-state index in [2.05, 4.69) is 4.72 Å². The fraction of sp³-hybridized carbons (Fsp3) is 0.538. The maximum absolute atomic E-state index is 12.0. The van der Waals surface area contributed by atoms with E-state index in [0.717, 1.165) is 19.4 Å². The normalized spacial score (nSPS) is 19.7. The quantitative estimate of drug-likeness (QED) is 0.818. The molecule has 0 aromatic heterocycles. The molecule has 1 saturated heterocycles. The number of hydrogen-bond acceptors (Lipinski definition) is 4. The van der Waals surface area contributed by atoms with Gasteiger partial charge in [-0.2, -0.15) is 0 Å². The van der Waals surface area contributed by atoms with Crippen molar-refractivity contribution in [2.45, 2.75) is 36.9 Å². The van der Waals surface area contributed by atoms with Gasteiger partial charge in [-0.15, -0.1) is 0 Å². The van der Waals surface area contributed by atoms with Crippen molar-refractivity contribution in [1.82, 2.24) is 4.72 Å². The van der Waals surface area contributed by atoms with Gasteiger partial charge in [0, 0.05) is 13.2 Å². The van der Waals surface area contributed by atoms with Gasteiger partial charge >= 0.3 is 0 Å². The largest absolute Gasteiger partial charge is 0.392 e. The fourth-order valence-corrected chi connectivity index (χ4v) is 3.13. The molecule has 2 rings (SSSR count). The van der Waals surface area contributed by atoms with Gasteiger partial charge in [-0.25, -0.2) is 13.1 Å². The predicted octanol–water partition coefficient (Wildman–Crippen LogP) is 1.03. The average Bonchev–Trinajstić information content (AvgIpc) is 2.92. The van der Waals surface area contributed by atoms with Gasteiger partial charge in [-0.3, -0.25) is 0 Å². The first-order valence-corrected chi connectivity index (χ1v) is 7.91. The molecule has 0 saturated carbocycles. The third kappa shape index (κ3) is 4.01. The van der Waals surface area contributed by atoms with Crippen LogP contribution in [0.4, 0.5) is 0 Å². The molecule has 0 radical (unpaired) electrons. The van der Waals surface area contributed by atoms with Crippen molar-refractivity contribution < 1.29 is 18.3 Å². The summed E-state index contributed by atoms with van der Waals surface area (Å²) in [7, 11) is -3.46. The lowest BCUT2D eigenvalue weighted by Crippen LogP contribution is -2.27. The van der Waals surface area contributed by atoms with Crippen molar-refractivity contribution in [3.05, 3.63) is 29.8 Å². The van der Waals surface area contributed by atoms with E-state index in [0.29, 0.717) is 18.5 Å². The Morgan fingerprint density at radius 2 is 2.05 bits per heavy atom. The number of ether oxygens (including phenoxy) is 1. The van der Waals surface area contributed by atoms with Crippen LogP contribution in [0.2, 0.25) is 0 Å². The predicted molar refractivity (Wildman–Crippen MR) is 71.1 cm³/mol. The molecule has 19 heavy (non-hydrogen) atoms. The molecule has 1 aliphatic rings. The first-order chi connectivity index (χ1) is 9.12. The van der Waals surface area contributed by atoms with Gasteiger partial charge in [-0.05, 0) is 37.0 Å². The Bertz CT molecular complexity index is 492. The second kappa shape index (κ2) is 6.47. The van der Waals surface area contributed by atoms with Crippen LogP contribution in [-0.4, -0.2) is 32.8 Å². The third-order valence-corrected chi connectivity index (χ3v) is 4.68. The van der Waals surface area contributed by atoms with Crippen molar-refractivity contribution >= 4 is 10.0 Å². The highest BCUT2D eigenvalue weighted by molar-refractivity contribution is 7.89. The Hall–Kier alpha value is -0.950. The third-order valence-electron chi connectivity index (χ3n) is 3.20. The zero-order valence-electron chi connectivity index (χ0n) is 10.7. The maximum atomic E-state index is 12.0. The Balaban J connectivity index is 1.89. The van der Waals surface area contributed by atoms with Crippen LogP contribution < -0.4 is 4.72 Å². The van der Waals surface area contributed by atoms with Crippen molar-refractivity contribution in [2.75, 3.05) is 13.2 Å². The van der Waals surface area contributed by atoms with Crippen LogP contribution in [0.25, 0.3) is 0 Å². The standard InChI is InChI=1S/C13H19NO4S/c15-10-11-3-5-13(6-4-11)19(16,17)14-8-7-12-2-1-9-18-12/h3-6,12,14-15H,1-2,7-10H2. The Labute approximate surface area is 113 Å². The number of aliphatic hydroxyl groups is 1. The molecule has 0 spiro atoms. The number of benzene rings is 1. The van der Waals surface area contributed by atoms with Gasteiger partial charge < -0.3 is 9.84 Å². The first-order valence-electron chi connectivity index (χ1n) is 6.43. The smallest absolute Gasteiger partial charge is 0.240 e. The molecule has 1 heterocycles. The average molecular weight is 285 g/mol. The zero-order valence-corrected chi connectivity index (χ0v) is 11.5. The van der Waals surface area contributed by atoms with Gasteiger partial charge in [0.25, 0.3) is 0 Å². The van der Waals surface area contributed by atoms with E-state index in [1.807, 2.05) is 0 Å². The fourth-order valence-electron chi connectivity index (χ4n) is 2.08. The molecule has 1 atom stereocenters. The molecule has 6 heteroatoms. The van der Waals surface area contributed by atoms with Crippen molar-refractivity contribution in [3.8, 4) is 0 Å². The number of rotatable bonds is 6. The first kappa shape index (κ1) is 14.5. The lowest BCUT2D eigenvalue weighted by atomic mass is 10.2. The number of sulfonamides is 1. The molecular formula is C13H19NO4S. The molecule has 106 valence electrons. The molecule has 1 unspecified atom stereocenters. The summed E-state index contributed by atoms with van der Waals surface area (Å²) in [6.07, 6.45) is 2.94. The lowest BCUT2D eigenvalue weighted by molar-refractivity contribution is 0.105. The molecule has 1 aromatic carbocycles. The van der Waals surface area contributed by atoms with Crippen LogP contribution in [-0.2, 0) is 21.4 Å². The summed E-state index contributed by atoms with van der Waals surface area (Å²) in [6, 6.07) is 6.21. The van der Waals surface area contributed by atoms with Gasteiger partial charge in [-0.1, -0.05) is 12.1 Å². The van der Waals surface area contributed by atoms with Crippen LogP contribution in [0.5, 0.6) is 0 Å². The Morgan fingerprint density at radius 1 is 1.32 bits per heavy atom. The van der Waals surface area contributed by atoms with Crippen LogP contribution in [0.3, 0.4) is 0 Å². The molecule has 1 aromatic rings. The molecule has 0 amide bonds. The lowest BCUT2D eigenvalue weighted by Gasteiger charge is -2.10. The van der Waals surface area contributed by atoms with Crippen molar-refractivity contribution in [1.29, 1.82) is 0 Å². The van der Waals surface area contributed by atoms with Crippen LogP contribution >= 0.6 is 0 Å². The van der Waals surface area contributed by atoms with E-state index in [4.69, 9.17) is 9.84 Å². The molecule has 0 bridgehead atoms. The van der Waals surface area contributed by atoms with Gasteiger partial charge in [0.1, 0.15) is 0 Å². The minimum Gasteiger partial charge on any atom is -0.392 e. The summed E-state index contributed by atoms with van der Waals surface area (Å²) < 4.78 is 32.0. The second-order valence-corrected chi connectivity index (χ2v) is 6.39. The van der Waals surface area contributed by atoms with Crippen LogP contribution in [0.15, 0.2) is 29.2 Å². The number of aliphatic hydroxyl groups excluding tert-OH is 1. The molecule has 5 nitrogen and oxygen atoms in total. The minimum absolute atomic E-state index is 0.0905. The summed E-state index contributed by atoms with van der Waals surface area (Å²) in [5.74, 6) is 0. The summed E-state index contributed by atoms with van der Waals surface area (Å²) in [6.45, 7) is 1.07. The minimum atomic E-state index is -3.46. The molecule has 0 aliphatic carbocycles. The number of hydrogen-bond donors (Lipinski definition) is 2. The van der Waals surface area contributed by atoms with E-state index in [1.165, 1.54) is 12.1 Å². The van der Waals surface area contributed by atoms with E-state index in [9.17, 15) is 8.42 Å². The second-order valence-electron chi connectivity index (χ2n) is 4.62. The summed E-state index contributed by atoms with van der Waals surface area (Å²) in [4.78, 5) is 0.219. The van der Waals surface area contributed by atoms with Gasteiger partial charge in [0.15, 0.2) is 0 Å². The van der Waals surface area contributed by atoms with E-state index in [1.54, 1.807) is 12.1 Å². The highest BCUT2D eigenvalue weighted by atomic mass is 32.2. The SMILES string of the molecule is O=S(=O)(NCCC1CCCO1)c1ccc(CO)cc1. The zero-order chi connectivity index (χ0) is 13.7. The molecule has 1 fully saturated rings. The molecule has 1 aliphatic heterocycles. The van der Waals surface area contributed by atoms with Crippen molar-refractivity contribution in [2.24, 2.45) is 0 Å². The number of nitrogens with one attached hydrogen (secondary N) is 1. The Kier molecular flexibility index (Phi) is 4.93. The van der Waals surface area contributed by atoms with Crippen LogP contribution in [0, 0.1) is 0 Å². The van der Waals surface area contributed by atoms with Gasteiger partial charge in [0.2, 0.25) is 10.0 Å². The van der Waals surface area contributed by atoms with Crippen molar-refractivity contribution in [3.63, 3.8) is 0 Å². The summed E-state index contributed by atoms with van der Waals surface area (Å²) in [5, 5.41) is 8.92. The van der Waals surface area contributed by atoms with Gasteiger partial charge in [0.05, 0.1) is 17.6 Å². The van der Waals surface area contributed by atoms with E-state index >= 15 is 0 Å².